The highest BCUT2D eigenvalue weighted by Gasteiger charge is 2.34. The van der Waals surface area contributed by atoms with Gasteiger partial charge < -0.3 is 24.4 Å². The predicted molar refractivity (Wildman–Crippen MR) is 166 cm³/mol. The summed E-state index contributed by atoms with van der Waals surface area (Å²) in [7, 11) is 0.0944. The summed E-state index contributed by atoms with van der Waals surface area (Å²) in [4.78, 5) is 28.7. The monoisotopic (exact) mass is 631 g/mol. The van der Waals surface area contributed by atoms with Gasteiger partial charge in [-0.15, -0.1) is 0 Å². The summed E-state index contributed by atoms with van der Waals surface area (Å²) in [5, 5.41) is 3.27. The molecule has 0 fully saturated rings. The van der Waals surface area contributed by atoms with Crippen LogP contribution in [-0.2, 0) is 26.2 Å². The number of hydrogen-bond donors (Lipinski definition) is 1. The molecule has 0 aliphatic heterocycles. The van der Waals surface area contributed by atoms with Gasteiger partial charge in [-0.05, 0) is 66.9 Å². The van der Waals surface area contributed by atoms with E-state index >= 15 is 0 Å². The first-order valence-corrected chi connectivity index (χ1v) is 15.6. The van der Waals surface area contributed by atoms with Crippen molar-refractivity contribution >= 4 is 39.1 Å². The normalized spacial score (nSPS) is 11.8. The molecule has 0 aliphatic rings. The van der Waals surface area contributed by atoms with E-state index in [1.54, 1.807) is 43.5 Å². The fourth-order valence-corrected chi connectivity index (χ4v) is 6.01. The number of anilines is 1. The summed E-state index contributed by atoms with van der Waals surface area (Å²) in [6.07, 6.45) is 1.04. The molecular weight excluding hydrogens is 594 g/mol. The van der Waals surface area contributed by atoms with Crippen molar-refractivity contribution in [3.8, 4) is 17.2 Å². The number of halogens is 1. The first-order chi connectivity index (χ1) is 20.6. The maximum absolute atomic E-state index is 14.1. The van der Waals surface area contributed by atoms with E-state index in [9.17, 15) is 18.0 Å². The third-order valence-electron chi connectivity index (χ3n) is 6.78. The highest BCUT2D eigenvalue weighted by Crippen LogP contribution is 2.33. The summed E-state index contributed by atoms with van der Waals surface area (Å²) < 4.78 is 45.1. The minimum Gasteiger partial charge on any atom is -0.497 e. The van der Waals surface area contributed by atoms with Crippen LogP contribution in [0.5, 0.6) is 17.2 Å². The quantitative estimate of drug-likeness (QED) is 0.254. The summed E-state index contributed by atoms with van der Waals surface area (Å²) in [6, 6.07) is 16.6. The van der Waals surface area contributed by atoms with Crippen LogP contribution in [-0.4, -0.2) is 65.6 Å². The maximum Gasteiger partial charge on any atom is 0.264 e. The lowest BCUT2D eigenvalue weighted by atomic mass is 10.1. The molecule has 3 rings (SSSR count). The Kier molecular flexibility index (Phi) is 12.1. The maximum atomic E-state index is 14.1. The molecule has 0 aliphatic carbocycles. The second kappa shape index (κ2) is 15.5. The van der Waals surface area contributed by atoms with Gasteiger partial charge >= 0.3 is 0 Å². The Morgan fingerprint density at radius 1 is 0.884 bits per heavy atom. The van der Waals surface area contributed by atoms with Gasteiger partial charge in [0.2, 0.25) is 11.8 Å². The Morgan fingerprint density at radius 2 is 1.53 bits per heavy atom. The zero-order valence-electron chi connectivity index (χ0n) is 25.0. The lowest BCUT2D eigenvalue weighted by molar-refractivity contribution is -0.140. The van der Waals surface area contributed by atoms with Crippen LogP contribution >= 0.6 is 11.6 Å². The van der Waals surface area contributed by atoms with Crippen LogP contribution in [0, 0.1) is 0 Å². The third-order valence-corrected chi connectivity index (χ3v) is 8.81. The molecule has 0 bridgehead atoms. The summed E-state index contributed by atoms with van der Waals surface area (Å²) in [6.45, 7) is 3.69. The molecule has 43 heavy (non-hydrogen) atoms. The van der Waals surface area contributed by atoms with E-state index in [0.717, 1.165) is 16.3 Å². The Balaban J connectivity index is 2.08. The fourth-order valence-electron chi connectivity index (χ4n) is 4.45. The van der Waals surface area contributed by atoms with E-state index in [2.05, 4.69) is 5.32 Å². The minimum atomic E-state index is -4.31. The van der Waals surface area contributed by atoms with Crippen LogP contribution < -0.4 is 23.8 Å². The zero-order valence-corrected chi connectivity index (χ0v) is 26.6. The predicted octanol–water partition coefficient (Wildman–Crippen LogP) is 4.89. The molecule has 232 valence electrons. The molecule has 1 unspecified atom stereocenters. The van der Waals surface area contributed by atoms with Crippen LogP contribution in [0.3, 0.4) is 0 Å². The van der Waals surface area contributed by atoms with Gasteiger partial charge in [-0.3, -0.25) is 13.9 Å². The third kappa shape index (κ3) is 8.32. The number of hydrogen-bond acceptors (Lipinski definition) is 7. The number of ether oxygens (including phenoxy) is 3. The second-order valence-electron chi connectivity index (χ2n) is 9.59. The number of carbonyl (C=O) groups excluding carboxylic acids is 2. The second-order valence-corrected chi connectivity index (χ2v) is 11.9. The number of carbonyl (C=O) groups is 2. The molecule has 0 radical (unpaired) electrons. The number of nitrogens with one attached hydrogen (secondary N) is 1. The number of amides is 2. The Labute approximate surface area is 258 Å². The van der Waals surface area contributed by atoms with Crippen molar-refractivity contribution in [2.24, 2.45) is 0 Å². The number of methoxy groups -OCH3 is 3. The number of benzene rings is 3. The minimum absolute atomic E-state index is 0.0751. The SMILES string of the molecule is CCCNC(=O)C(CC)N(Cc1ccc(OC)cc1)C(=O)CN(c1ccc(Cl)cc1)S(=O)(=O)c1ccc(OC)c(OC)c1. The highest BCUT2D eigenvalue weighted by atomic mass is 35.5. The molecule has 0 heterocycles. The molecule has 1 atom stereocenters. The van der Waals surface area contributed by atoms with Crippen molar-refractivity contribution in [3.63, 3.8) is 0 Å². The van der Waals surface area contributed by atoms with Gasteiger partial charge in [0.05, 0.1) is 31.9 Å². The number of sulfonamides is 1. The summed E-state index contributed by atoms with van der Waals surface area (Å²) in [5.74, 6) is 0.334. The lowest BCUT2D eigenvalue weighted by Crippen LogP contribution is -2.52. The summed E-state index contributed by atoms with van der Waals surface area (Å²) in [5.41, 5.74) is 0.970. The van der Waals surface area contributed by atoms with Crippen LogP contribution in [0.2, 0.25) is 5.02 Å². The smallest absolute Gasteiger partial charge is 0.264 e. The van der Waals surface area contributed by atoms with Gasteiger partial charge in [0.1, 0.15) is 18.3 Å². The zero-order chi connectivity index (χ0) is 31.6. The lowest BCUT2D eigenvalue weighted by Gasteiger charge is -2.33. The van der Waals surface area contributed by atoms with Gasteiger partial charge in [0.15, 0.2) is 11.5 Å². The molecule has 2 amide bonds. The van der Waals surface area contributed by atoms with Gasteiger partial charge in [-0.1, -0.05) is 37.6 Å². The van der Waals surface area contributed by atoms with Crippen LogP contribution in [0.1, 0.15) is 32.3 Å². The van der Waals surface area contributed by atoms with Gasteiger partial charge in [0.25, 0.3) is 10.0 Å². The van der Waals surface area contributed by atoms with E-state index in [1.165, 1.54) is 49.5 Å². The first kappa shape index (κ1) is 33.5. The van der Waals surface area contributed by atoms with E-state index < -0.39 is 28.5 Å². The average molecular weight is 632 g/mol. The van der Waals surface area contributed by atoms with E-state index in [1.807, 2.05) is 13.8 Å². The van der Waals surface area contributed by atoms with Gasteiger partial charge in [-0.2, -0.15) is 0 Å². The molecule has 3 aromatic rings. The van der Waals surface area contributed by atoms with Crippen molar-refractivity contribution in [3.05, 3.63) is 77.3 Å². The Morgan fingerprint density at radius 3 is 2.09 bits per heavy atom. The van der Waals surface area contributed by atoms with Crippen molar-refractivity contribution in [1.82, 2.24) is 10.2 Å². The Bertz CT molecular complexity index is 1480. The first-order valence-electron chi connectivity index (χ1n) is 13.8. The molecule has 1 N–H and O–H groups in total. The largest absolute Gasteiger partial charge is 0.497 e. The highest BCUT2D eigenvalue weighted by molar-refractivity contribution is 7.92. The molecule has 12 heteroatoms. The van der Waals surface area contributed by atoms with Crippen LogP contribution in [0.15, 0.2) is 71.6 Å². The fraction of sp³-hybridized carbons (Fsp3) is 0.355. The standard InChI is InChI=1S/C31H38ClN3O7S/c1-6-18-33-31(37)27(7-2)34(20-22-8-14-25(40-3)15-9-22)30(36)21-35(24-12-10-23(32)11-13-24)43(38,39)26-16-17-28(41-4)29(19-26)42-5/h8-17,19,27H,6-7,18,20-21H2,1-5H3,(H,33,37). The molecular formula is C31H38ClN3O7S. The Hall–Kier alpha value is -3.96. The summed E-state index contributed by atoms with van der Waals surface area (Å²) >= 11 is 6.10. The average Bonchev–Trinajstić information content (AvgIpc) is 3.02. The van der Waals surface area contributed by atoms with Gasteiger partial charge in [-0.25, -0.2) is 8.42 Å². The van der Waals surface area contributed by atoms with Crippen LogP contribution in [0.25, 0.3) is 0 Å². The molecule has 0 saturated carbocycles. The van der Waals surface area contributed by atoms with Gasteiger partial charge in [0, 0.05) is 24.2 Å². The van der Waals surface area contributed by atoms with E-state index in [0.29, 0.717) is 29.5 Å². The molecule has 0 spiro atoms. The van der Waals surface area contributed by atoms with E-state index in [-0.39, 0.29) is 28.8 Å². The van der Waals surface area contributed by atoms with Crippen molar-refractivity contribution in [2.75, 3.05) is 38.7 Å². The number of nitrogens with zero attached hydrogens (tertiary/aromatic N) is 2. The van der Waals surface area contributed by atoms with Crippen molar-refractivity contribution in [1.29, 1.82) is 0 Å². The molecule has 10 nitrogen and oxygen atoms in total. The van der Waals surface area contributed by atoms with E-state index in [4.69, 9.17) is 25.8 Å². The van der Waals surface area contributed by atoms with Crippen molar-refractivity contribution in [2.45, 2.75) is 44.2 Å². The molecule has 3 aromatic carbocycles. The van der Waals surface area contributed by atoms with Crippen molar-refractivity contribution < 1.29 is 32.2 Å². The molecule has 0 aromatic heterocycles. The topological polar surface area (TPSA) is 114 Å². The molecule has 0 saturated heterocycles. The number of rotatable bonds is 15. The van der Waals surface area contributed by atoms with Crippen LogP contribution in [0.4, 0.5) is 5.69 Å².